The highest BCUT2D eigenvalue weighted by molar-refractivity contribution is 6.31. The van der Waals surface area contributed by atoms with Crippen molar-refractivity contribution in [2.75, 3.05) is 0 Å². The molecule has 0 bridgehead atoms. The average Bonchev–Trinajstić information content (AvgIpc) is 2.05. The zero-order valence-electron chi connectivity index (χ0n) is 8.53. The maximum atomic E-state index is 12.1. The third kappa shape index (κ3) is 3.74. The van der Waals surface area contributed by atoms with Crippen LogP contribution < -0.4 is 0 Å². The summed E-state index contributed by atoms with van der Waals surface area (Å²) in [4.78, 5) is 0. The highest BCUT2D eigenvalue weighted by atomic mass is 35.5. The fourth-order valence-corrected chi connectivity index (χ4v) is 1.54. The van der Waals surface area contributed by atoms with E-state index >= 15 is 0 Å². The van der Waals surface area contributed by atoms with Crippen LogP contribution in [0.1, 0.15) is 30.9 Å². The number of hydrogen-bond acceptors (Lipinski definition) is 0. The van der Waals surface area contributed by atoms with E-state index in [1.807, 2.05) is 13.8 Å². The second-order valence-electron chi connectivity index (χ2n) is 3.80. The van der Waals surface area contributed by atoms with Gasteiger partial charge in [0.2, 0.25) is 0 Å². The van der Waals surface area contributed by atoms with Gasteiger partial charge in [0, 0.05) is 5.02 Å². The zero-order chi connectivity index (χ0) is 11.6. The monoisotopic (exact) mass is 236 g/mol. The van der Waals surface area contributed by atoms with Crippen LogP contribution in [0.3, 0.4) is 0 Å². The van der Waals surface area contributed by atoms with Crippen LogP contribution in [0.5, 0.6) is 0 Å². The molecule has 0 aliphatic carbocycles. The normalized spacial score (nSPS) is 12.2. The van der Waals surface area contributed by atoms with Gasteiger partial charge in [-0.3, -0.25) is 0 Å². The third-order valence-electron chi connectivity index (χ3n) is 2.13. The summed E-state index contributed by atoms with van der Waals surface area (Å²) < 4.78 is 36.4. The molecule has 0 aliphatic heterocycles. The lowest BCUT2D eigenvalue weighted by Crippen LogP contribution is -2.11. The number of alkyl halides is 3. The van der Waals surface area contributed by atoms with E-state index in [-0.39, 0.29) is 16.5 Å². The van der Waals surface area contributed by atoms with Crippen molar-refractivity contribution in [2.24, 2.45) is 0 Å². The minimum atomic E-state index is -4.21. The Morgan fingerprint density at radius 3 is 2.27 bits per heavy atom. The van der Waals surface area contributed by atoms with Crippen molar-refractivity contribution in [3.05, 3.63) is 34.3 Å². The van der Waals surface area contributed by atoms with Crippen molar-refractivity contribution in [2.45, 2.75) is 32.4 Å². The predicted molar refractivity (Wildman–Crippen MR) is 55.3 cm³/mol. The van der Waals surface area contributed by atoms with Crippen LogP contribution in [0.2, 0.25) is 5.02 Å². The van der Waals surface area contributed by atoms with Gasteiger partial charge >= 0.3 is 6.18 Å². The van der Waals surface area contributed by atoms with Gasteiger partial charge in [-0.25, -0.2) is 0 Å². The number of halogens is 4. The molecular weight excluding hydrogens is 225 g/mol. The molecule has 1 rings (SSSR count). The van der Waals surface area contributed by atoms with Crippen molar-refractivity contribution in [3.8, 4) is 0 Å². The minimum Gasteiger partial charge on any atom is -0.171 e. The van der Waals surface area contributed by atoms with Gasteiger partial charge in [0.15, 0.2) is 0 Å². The van der Waals surface area contributed by atoms with Crippen LogP contribution >= 0.6 is 11.6 Å². The van der Waals surface area contributed by atoms with Gasteiger partial charge in [-0.15, -0.1) is 0 Å². The lowest BCUT2D eigenvalue weighted by molar-refractivity contribution is -0.127. The molecule has 0 fully saturated rings. The highest BCUT2D eigenvalue weighted by Gasteiger charge is 2.28. The van der Waals surface area contributed by atoms with Crippen molar-refractivity contribution in [3.63, 3.8) is 0 Å². The maximum Gasteiger partial charge on any atom is 0.393 e. The Morgan fingerprint density at radius 2 is 1.87 bits per heavy atom. The molecule has 1 aromatic rings. The Labute approximate surface area is 92.1 Å². The van der Waals surface area contributed by atoms with Crippen molar-refractivity contribution in [1.82, 2.24) is 0 Å². The summed E-state index contributed by atoms with van der Waals surface area (Å²) in [6.45, 7) is 3.93. The molecule has 84 valence electrons. The van der Waals surface area contributed by atoms with E-state index in [2.05, 4.69) is 0 Å². The number of benzene rings is 1. The van der Waals surface area contributed by atoms with E-state index in [4.69, 9.17) is 11.6 Å². The van der Waals surface area contributed by atoms with Crippen LogP contribution in [0.25, 0.3) is 0 Å². The first-order chi connectivity index (χ1) is 6.79. The molecule has 0 N–H and O–H groups in total. The number of hydrogen-bond donors (Lipinski definition) is 0. The first-order valence-electron chi connectivity index (χ1n) is 4.64. The molecule has 4 heteroatoms. The highest BCUT2D eigenvalue weighted by Crippen LogP contribution is 2.28. The molecule has 15 heavy (non-hydrogen) atoms. The fourth-order valence-electron chi connectivity index (χ4n) is 1.28. The summed E-state index contributed by atoms with van der Waals surface area (Å²) in [7, 11) is 0. The molecular formula is C11H12ClF3. The van der Waals surface area contributed by atoms with Gasteiger partial charge < -0.3 is 0 Å². The van der Waals surface area contributed by atoms with Crippen LogP contribution in [-0.2, 0) is 6.42 Å². The summed E-state index contributed by atoms with van der Waals surface area (Å²) in [5, 5.41) is 0.193. The van der Waals surface area contributed by atoms with Gasteiger partial charge in [-0.2, -0.15) is 13.2 Å². The minimum absolute atomic E-state index is 0.133. The summed E-state index contributed by atoms with van der Waals surface area (Å²) in [5.74, 6) is 0.266. The molecule has 0 atom stereocenters. The van der Waals surface area contributed by atoms with Crippen LogP contribution in [0.4, 0.5) is 13.2 Å². The summed E-state index contributed by atoms with van der Waals surface area (Å²) in [6.07, 6.45) is -5.17. The van der Waals surface area contributed by atoms with Gasteiger partial charge in [-0.05, 0) is 23.1 Å². The topological polar surface area (TPSA) is 0 Å². The Balaban J connectivity index is 2.94. The summed E-state index contributed by atoms with van der Waals surface area (Å²) in [6, 6.07) is 4.75. The van der Waals surface area contributed by atoms with E-state index in [9.17, 15) is 13.2 Å². The van der Waals surface area contributed by atoms with Crippen molar-refractivity contribution >= 4 is 11.6 Å². The van der Waals surface area contributed by atoms with Crippen LogP contribution in [-0.4, -0.2) is 6.18 Å². The maximum absolute atomic E-state index is 12.1. The van der Waals surface area contributed by atoms with E-state index in [1.54, 1.807) is 12.1 Å². The van der Waals surface area contributed by atoms with Gasteiger partial charge in [0.05, 0.1) is 6.42 Å². The first-order valence-corrected chi connectivity index (χ1v) is 5.02. The molecule has 0 radical (unpaired) electrons. The molecule has 0 unspecified atom stereocenters. The SMILES string of the molecule is CC(C)c1ccc(CC(F)(F)F)c(Cl)c1. The van der Waals surface area contributed by atoms with Crippen molar-refractivity contribution < 1.29 is 13.2 Å². The Morgan fingerprint density at radius 1 is 1.27 bits per heavy atom. The quantitative estimate of drug-likeness (QED) is 0.706. The molecule has 0 amide bonds. The molecule has 0 heterocycles. The molecule has 0 nitrogen and oxygen atoms in total. The second-order valence-corrected chi connectivity index (χ2v) is 4.20. The lowest BCUT2D eigenvalue weighted by atomic mass is 10.0. The standard InChI is InChI=1S/C11H12ClF3/c1-7(2)8-3-4-9(10(12)5-8)6-11(13,14)15/h3-5,7H,6H2,1-2H3. The van der Waals surface area contributed by atoms with Gasteiger partial charge in [0.1, 0.15) is 0 Å². The first kappa shape index (κ1) is 12.4. The zero-order valence-corrected chi connectivity index (χ0v) is 9.28. The smallest absolute Gasteiger partial charge is 0.171 e. The average molecular weight is 237 g/mol. The van der Waals surface area contributed by atoms with E-state index in [0.29, 0.717) is 0 Å². The fraction of sp³-hybridized carbons (Fsp3) is 0.455. The summed E-state index contributed by atoms with van der Waals surface area (Å²) >= 11 is 5.78. The second kappa shape index (κ2) is 4.44. The molecule has 0 saturated carbocycles. The molecule has 0 aliphatic rings. The van der Waals surface area contributed by atoms with Gasteiger partial charge in [-0.1, -0.05) is 37.6 Å². The van der Waals surface area contributed by atoms with E-state index in [1.165, 1.54) is 6.07 Å². The Bertz CT molecular complexity index is 342. The molecule has 0 saturated heterocycles. The molecule has 0 spiro atoms. The Kier molecular flexibility index (Phi) is 3.66. The molecule has 0 aromatic heterocycles. The van der Waals surface area contributed by atoms with Crippen molar-refractivity contribution in [1.29, 1.82) is 0 Å². The van der Waals surface area contributed by atoms with Gasteiger partial charge in [0.25, 0.3) is 0 Å². The largest absolute Gasteiger partial charge is 0.393 e. The van der Waals surface area contributed by atoms with Crippen LogP contribution in [0, 0.1) is 0 Å². The van der Waals surface area contributed by atoms with E-state index in [0.717, 1.165) is 5.56 Å². The van der Waals surface area contributed by atoms with E-state index < -0.39 is 12.6 Å². The predicted octanol–water partition coefficient (Wildman–Crippen LogP) is 4.57. The lowest BCUT2D eigenvalue weighted by Gasteiger charge is -2.11. The molecule has 1 aromatic carbocycles. The third-order valence-corrected chi connectivity index (χ3v) is 2.49. The van der Waals surface area contributed by atoms with Crippen LogP contribution in [0.15, 0.2) is 18.2 Å². The summed E-state index contributed by atoms with van der Waals surface area (Å²) in [5.41, 5.74) is 1.08. The number of rotatable bonds is 2. The Hall–Kier alpha value is -0.700.